The van der Waals surface area contributed by atoms with Gasteiger partial charge in [0.05, 0.1) is 5.92 Å². The average Bonchev–Trinajstić information content (AvgIpc) is 2.37. The maximum atomic E-state index is 13.0. The second-order valence-electron chi connectivity index (χ2n) is 5.33. The van der Waals surface area contributed by atoms with E-state index in [0.29, 0.717) is 25.0 Å². The molecule has 3 nitrogen and oxygen atoms in total. The summed E-state index contributed by atoms with van der Waals surface area (Å²) in [6.07, 6.45) is -2.66. The van der Waals surface area contributed by atoms with Gasteiger partial charge in [0.15, 0.2) is 0 Å². The fraction of sp³-hybridized carbons (Fsp3) is 0.571. The van der Waals surface area contributed by atoms with Crippen LogP contribution in [0.2, 0.25) is 5.15 Å². The molecule has 21 heavy (non-hydrogen) atoms. The van der Waals surface area contributed by atoms with Gasteiger partial charge in [-0.1, -0.05) is 24.4 Å². The molecule has 2 atom stereocenters. The highest BCUT2D eigenvalue weighted by Crippen LogP contribution is 2.37. The van der Waals surface area contributed by atoms with E-state index in [1.165, 1.54) is 12.1 Å². The van der Waals surface area contributed by atoms with Crippen LogP contribution < -0.4 is 5.32 Å². The summed E-state index contributed by atoms with van der Waals surface area (Å²) in [6.45, 7) is 1.67. The molecule has 1 N–H and O–H groups in total. The number of carbonyl (C=O) groups is 1. The van der Waals surface area contributed by atoms with Crippen LogP contribution in [-0.2, 0) is 0 Å². The molecule has 1 aliphatic rings. The van der Waals surface area contributed by atoms with Gasteiger partial charge in [0, 0.05) is 17.3 Å². The summed E-state index contributed by atoms with van der Waals surface area (Å²) < 4.78 is 39.0. The predicted octanol–water partition coefficient (Wildman–Crippen LogP) is 3.89. The van der Waals surface area contributed by atoms with Gasteiger partial charge < -0.3 is 5.32 Å². The van der Waals surface area contributed by atoms with Crippen molar-refractivity contribution in [1.29, 1.82) is 0 Å². The summed E-state index contributed by atoms with van der Waals surface area (Å²) in [5.41, 5.74) is 0.780. The fourth-order valence-corrected chi connectivity index (χ4v) is 2.96. The molecule has 0 aliphatic heterocycles. The zero-order valence-electron chi connectivity index (χ0n) is 11.5. The molecule has 1 saturated carbocycles. The van der Waals surface area contributed by atoms with Crippen LogP contribution in [0.4, 0.5) is 13.2 Å². The molecule has 116 valence electrons. The molecule has 2 unspecified atom stereocenters. The number of nitrogens with one attached hydrogen (secondary N) is 1. The Balaban J connectivity index is 2.13. The smallest absolute Gasteiger partial charge is 0.349 e. The first-order valence-electron chi connectivity index (χ1n) is 6.79. The summed E-state index contributed by atoms with van der Waals surface area (Å²) in [4.78, 5) is 16.0. The van der Waals surface area contributed by atoms with Gasteiger partial charge in [-0.05, 0) is 31.9 Å². The molecule has 1 aromatic heterocycles. The Morgan fingerprint density at radius 2 is 2.00 bits per heavy atom. The minimum atomic E-state index is -4.29. The van der Waals surface area contributed by atoms with E-state index >= 15 is 0 Å². The summed E-state index contributed by atoms with van der Waals surface area (Å²) in [7, 11) is 0. The number of aromatic nitrogens is 1. The van der Waals surface area contributed by atoms with E-state index in [-0.39, 0.29) is 17.1 Å². The standard InChI is InChI=1S/C14H16ClF3N2O/c1-8-6-9(7-12(15)19-8)13(21)20-11-5-3-2-4-10(11)14(16,17)18/h6-7,10-11H,2-5H2,1H3,(H,20,21). The molecule has 1 amide bonds. The predicted molar refractivity (Wildman–Crippen MR) is 73.3 cm³/mol. The lowest BCUT2D eigenvalue weighted by Crippen LogP contribution is -2.47. The molecule has 0 radical (unpaired) electrons. The lowest BCUT2D eigenvalue weighted by atomic mass is 9.84. The van der Waals surface area contributed by atoms with E-state index in [2.05, 4.69) is 10.3 Å². The lowest BCUT2D eigenvalue weighted by molar-refractivity contribution is -0.187. The van der Waals surface area contributed by atoms with Crippen molar-refractivity contribution in [3.8, 4) is 0 Å². The van der Waals surface area contributed by atoms with E-state index < -0.39 is 24.0 Å². The Hall–Kier alpha value is -1.30. The quantitative estimate of drug-likeness (QED) is 0.840. The first-order chi connectivity index (χ1) is 9.77. The Labute approximate surface area is 125 Å². The molecule has 7 heteroatoms. The van der Waals surface area contributed by atoms with E-state index in [9.17, 15) is 18.0 Å². The van der Waals surface area contributed by atoms with Gasteiger partial charge in [0.1, 0.15) is 5.15 Å². The molecule has 0 spiro atoms. The maximum absolute atomic E-state index is 13.0. The van der Waals surface area contributed by atoms with Crippen molar-refractivity contribution in [2.75, 3.05) is 0 Å². The summed E-state index contributed by atoms with van der Waals surface area (Å²) in [5, 5.41) is 2.65. The largest absolute Gasteiger partial charge is 0.393 e. The third-order valence-electron chi connectivity index (χ3n) is 3.69. The van der Waals surface area contributed by atoms with E-state index in [0.717, 1.165) is 0 Å². The number of pyridine rings is 1. The average molecular weight is 321 g/mol. The van der Waals surface area contributed by atoms with Gasteiger partial charge in [-0.3, -0.25) is 4.79 Å². The minimum absolute atomic E-state index is 0.0601. The van der Waals surface area contributed by atoms with Crippen LogP contribution in [0.1, 0.15) is 41.7 Å². The van der Waals surface area contributed by atoms with Crippen LogP contribution in [0.25, 0.3) is 0 Å². The monoisotopic (exact) mass is 320 g/mol. The van der Waals surface area contributed by atoms with Crippen molar-refractivity contribution in [3.05, 3.63) is 28.5 Å². The minimum Gasteiger partial charge on any atom is -0.349 e. The zero-order chi connectivity index (χ0) is 15.6. The number of amides is 1. The van der Waals surface area contributed by atoms with Crippen LogP contribution in [0.15, 0.2) is 12.1 Å². The van der Waals surface area contributed by atoms with Crippen molar-refractivity contribution in [1.82, 2.24) is 10.3 Å². The molecule has 1 aliphatic carbocycles. The number of hydrogen-bond acceptors (Lipinski definition) is 2. The van der Waals surface area contributed by atoms with Crippen LogP contribution in [-0.4, -0.2) is 23.1 Å². The molecule has 0 aromatic carbocycles. The summed E-state index contributed by atoms with van der Waals surface area (Å²) >= 11 is 5.77. The third kappa shape index (κ3) is 4.09. The van der Waals surface area contributed by atoms with Crippen LogP contribution in [0.5, 0.6) is 0 Å². The second kappa shape index (κ2) is 6.22. The Bertz CT molecular complexity index is 513. The van der Waals surface area contributed by atoms with Crippen molar-refractivity contribution in [3.63, 3.8) is 0 Å². The highest BCUT2D eigenvalue weighted by atomic mass is 35.5. The summed E-state index contributed by atoms with van der Waals surface area (Å²) in [5.74, 6) is -2.02. The number of halogens is 4. The second-order valence-corrected chi connectivity index (χ2v) is 5.72. The van der Waals surface area contributed by atoms with Crippen molar-refractivity contribution in [2.45, 2.75) is 44.8 Å². The topological polar surface area (TPSA) is 42.0 Å². The van der Waals surface area contributed by atoms with Gasteiger partial charge in [0.25, 0.3) is 5.91 Å². The number of nitrogens with zero attached hydrogens (tertiary/aromatic N) is 1. The summed E-state index contributed by atoms with van der Waals surface area (Å²) in [6, 6.07) is 1.99. The lowest BCUT2D eigenvalue weighted by Gasteiger charge is -2.33. The van der Waals surface area contributed by atoms with Crippen LogP contribution in [0, 0.1) is 12.8 Å². The van der Waals surface area contributed by atoms with Gasteiger partial charge in [-0.2, -0.15) is 13.2 Å². The van der Waals surface area contributed by atoms with Gasteiger partial charge in [0.2, 0.25) is 0 Å². The fourth-order valence-electron chi connectivity index (χ4n) is 2.71. The normalized spacial score (nSPS) is 22.9. The molecular formula is C14H16ClF3N2O. The molecule has 0 saturated heterocycles. The van der Waals surface area contributed by atoms with Crippen molar-refractivity contribution >= 4 is 17.5 Å². The Morgan fingerprint density at radius 1 is 1.33 bits per heavy atom. The highest BCUT2D eigenvalue weighted by Gasteiger charge is 2.45. The van der Waals surface area contributed by atoms with Crippen molar-refractivity contribution in [2.24, 2.45) is 5.92 Å². The Morgan fingerprint density at radius 3 is 2.62 bits per heavy atom. The molecule has 1 fully saturated rings. The van der Waals surface area contributed by atoms with Gasteiger partial charge in [-0.25, -0.2) is 4.98 Å². The number of rotatable bonds is 2. The van der Waals surface area contributed by atoms with Gasteiger partial charge >= 0.3 is 6.18 Å². The Kier molecular flexibility index (Phi) is 4.76. The highest BCUT2D eigenvalue weighted by molar-refractivity contribution is 6.29. The van der Waals surface area contributed by atoms with E-state index in [4.69, 9.17) is 11.6 Å². The number of carbonyl (C=O) groups excluding carboxylic acids is 1. The molecule has 1 aromatic rings. The number of hydrogen-bond donors (Lipinski definition) is 1. The molecule has 0 bridgehead atoms. The first kappa shape index (κ1) is 16.1. The number of aryl methyl sites for hydroxylation is 1. The molecule has 1 heterocycles. The van der Waals surface area contributed by atoms with Crippen LogP contribution >= 0.6 is 11.6 Å². The molecule has 2 rings (SSSR count). The van der Waals surface area contributed by atoms with E-state index in [1.807, 2.05) is 0 Å². The maximum Gasteiger partial charge on any atom is 0.393 e. The van der Waals surface area contributed by atoms with E-state index in [1.54, 1.807) is 6.92 Å². The van der Waals surface area contributed by atoms with Crippen molar-refractivity contribution < 1.29 is 18.0 Å². The van der Waals surface area contributed by atoms with Gasteiger partial charge in [-0.15, -0.1) is 0 Å². The number of alkyl halides is 3. The molecular weight excluding hydrogens is 305 g/mol. The zero-order valence-corrected chi connectivity index (χ0v) is 12.3. The third-order valence-corrected chi connectivity index (χ3v) is 3.88. The first-order valence-corrected chi connectivity index (χ1v) is 7.17. The van der Waals surface area contributed by atoms with Crippen LogP contribution in [0.3, 0.4) is 0 Å². The SMILES string of the molecule is Cc1cc(C(=O)NC2CCCCC2C(F)(F)F)cc(Cl)n1.